The number of aromatic nitrogens is 1. The minimum absolute atomic E-state index is 0.355. The number of nitrogens with one attached hydrogen (secondary N) is 1. The van der Waals surface area contributed by atoms with Gasteiger partial charge in [-0.1, -0.05) is 11.3 Å². The lowest BCUT2D eigenvalue weighted by Gasteiger charge is -2.03. The van der Waals surface area contributed by atoms with Gasteiger partial charge in [0.2, 0.25) is 0 Å². The molecular weight excluding hydrogens is 163 g/mol. The summed E-state index contributed by atoms with van der Waals surface area (Å²) in [6.45, 7) is 3.63. The normalized spacial score (nSPS) is 10.5. The number of thiazole rings is 1. The molecule has 0 amide bonds. The van der Waals surface area contributed by atoms with Crippen molar-refractivity contribution in [2.75, 3.05) is 5.32 Å². The molecular formula is C7H11FN2S. The monoisotopic (exact) mass is 174 g/mol. The molecule has 0 saturated carbocycles. The van der Waals surface area contributed by atoms with Gasteiger partial charge in [0.15, 0.2) is 5.13 Å². The van der Waals surface area contributed by atoms with Crippen LogP contribution in [-0.2, 0) is 6.67 Å². The number of halogens is 1. The van der Waals surface area contributed by atoms with Crippen LogP contribution < -0.4 is 5.32 Å². The molecule has 62 valence electrons. The molecule has 1 heterocycles. The number of hydrogen-bond donors (Lipinski definition) is 1. The second kappa shape index (κ2) is 3.67. The molecule has 0 saturated heterocycles. The summed E-state index contributed by atoms with van der Waals surface area (Å²) >= 11 is 1.36. The summed E-state index contributed by atoms with van der Waals surface area (Å²) < 4.78 is 12.0. The van der Waals surface area contributed by atoms with Crippen LogP contribution in [0.3, 0.4) is 0 Å². The van der Waals surface area contributed by atoms with Crippen molar-refractivity contribution in [1.82, 2.24) is 4.98 Å². The van der Waals surface area contributed by atoms with Crippen molar-refractivity contribution >= 4 is 16.5 Å². The molecule has 0 bridgehead atoms. The Labute approximate surface area is 69.5 Å². The fraction of sp³-hybridized carbons (Fsp3) is 0.571. The van der Waals surface area contributed by atoms with Gasteiger partial charge in [-0.05, 0) is 13.8 Å². The third kappa shape index (κ3) is 2.46. The van der Waals surface area contributed by atoms with Gasteiger partial charge in [-0.2, -0.15) is 0 Å². The maximum Gasteiger partial charge on any atom is 0.183 e. The van der Waals surface area contributed by atoms with Crippen LogP contribution in [0.15, 0.2) is 6.20 Å². The van der Waals surface area contributed by atoms with Crippen LogP contribution in [0.2, 0.25) is 0 Å². The molecule has 4 heteroatoms. The standard InChI is InChI=1S/C7H11FN2S/c1-5(2)10-7-9-4-6(3-8)11-7/h4-5H,3H2,1-2H3,(H,9,10). The van der Waals surface area contributed by atoms with Gasteiger partial charge in [0.1, 0.15) is 6.67 Å². The summed E-state index contributed by atoms with van der Waals surface area (Å²) in [7, 11) is 0. The highest BCUT2D eigenvalue weighted by Crippen LogP contribution is 2.19. The Morgan fingerprint density at radius 2 is 2.45 bits per heavy atom. The van der Waals surface area contributed by atoms with Crippen molar-refractivity contribution in [1.29, 1.82) is 0 Å². The third-order valence-electron chi connectivity index (χ3n) is 1.10. The second-order valence-corrected chi connectivity index (χ2v) is 3.68. The van der Waals surface area contributed by atoms with E-state index in [1.807, 2.05) is 13.8 Å². The summed E-state index contributed by atoms with van der Waals surface area (Å²) in [5, 5.41) is 3.90. The first-order valence-electron chi connectivity index (χ1n) is 3.49. The van der Waals surface area contributed by atoms with Crippen LogP contribution in [0.25, 0.3) is 0 Å². The zero-order chi connectivity index (χ0) is 8.27. The van der Waals surface area contributed by atoms with Gasteiger partial charge in [-0.25, -0.2) is 9.37 Å². The fourth-order valence-corrected chi connectivity index (χ4v) is 1.49. The van der Waals surface area contributed by atoms with Crippen LogP contribution in [-0.4, -0.2) is 11.0 Å². The first-order chi connectivity index (χ1) is 5.22. The second-order valence-electron chi connectivity index (χ2n) is 2.56. The Balaban J connectivity index is 2.58. The van der Waals surface area contributed by atoms with E-state index in [4.69, 9.17) is 0 Å². The molecule has 1 rings (SSSR count). The van der Waals surface area contributed by atoms with Crippen molar-refractivity contribution in [3.63, 3.8) is 0 Å². The Morgan fingerprint density at radius 3 is 2.91 bits per heavy atom. The first-order valence-corrected chi connectivity index (χ1v) is 4.31. The van der Waals surface area contributed by atoms with Crippen molar-refractivity contribution in [2.24, 2.45) is 0 Å². The average Bonchev–Trinajstić information content (AvgIpc) is 2.34. The zero-order valence-electron chi connectivity index (χ0n) is 6.60. The molecule has 11 heavy (non-hydrogen) atoms. The van der Waals surface area contributed by atoms with Gasteiger partial charge in [0.05, 0.1) is 4.88 Å². The molecule has 0 aliphatic rings. The topological polar surface area (TPSA) is 24.9 Å². The molecule has 1 aromatic heterocycles. The Bertz CT molecular complexity index is 222. The highest BCUT2D eigenvalue weighted by Gasteiger charge is 2.01. The molecule has 0 atom stereocenters. The van der Waals surface area contributed by atoms with Gasteiger partial charge in [-0.15, -0.1) is 0 Å². The number of hydrogen-bond acceptors (Lipinski definition) is 3. The fourth-order valence-electron chi connectivity index (χ4n) is 0.683. The molecule has 0 spiro atoms. The lowest BCUT2D eigenvalue weighted by molar-refractivity contribution is 0.491. The number of alkyl halides is 1. The maximum atomic E-state index is 12.0. The minimum atomic E-state index is -0.419. The summed E-state index contributed by atoms with van der Waals surface area (Å²) in [5.41, 5.74) is 0. The summed E-state index contributed by atoms with van der Waals surface area (Å²) in [6.07, 6.45) is 1.56. The molecule has 0 unspecified atom stereocenters. The maximum absolute atomic E-state index is 12.0. The molecule has 0 aliphatic carbocycles. The van der Waals surface area contributed by atoms with E-state index in [-0.39, 0.29) is 0 Å². The lowest BCUT2D eigenvalue weighted by atomic mass is 10.4. The molecule has 1 N–H and O–H groups in total. The third-order valence-corrected chi connectivity index (χ3v) is 1.99. The number of rotatable bonds is 3. The molecule has 2 nitrogen and oxygen atoms in total. The molecule has 0 fully saturated rings. The van der Waals surface area contributed by atoms with Crippen molar-refractivity contribution in [2.45, 2.75) is 26.6 Å². The van der Waals surface area contributed by atoms with Crippen LogP contribution in [0.5, 0.6) is 0 Å². The predicted octanol–water partition coefficient (Wildman–Crippen LogP) is 2.43. The van der Waals surface area contributed by atoms with Crippen LogP contribution in [0, 0.1) is 0 Å². The minimum Gasteiger partial charge on any atom is -0.359 e. The average molecular weight is 174 g/mol. The van der Waals surface area contributed by atoms with Crippen LogP contribution >= 0.6 is 11.3 Å². The van der Waals surface area contributed by atoms with Crippen molar-refractivity contribution < 1.29 is 4.39 Å². The summed E-state index contributed by atoms with van der Waals surface area (Å²) in [4.78, 5) is 4.67. The van der Waals surface area contributed by atoms with E-state index in [1.54, 1.807) is 6.20 Å². The Kier molecular flexibility index (Phi) is 2.82. The molecule has 0 radical (unpaired) electrons. The molecule has 1 aromatic rings. The van der Waals surface area contributed by atoms with Crippen molar-refractivity contribution in [3.8, 4) is 0 Å². The highest BCUT2D eigenvalue weighted by molar-refractivity contribution is 7.15. The van der Waals surface area contributed by atoms with Crippen molar-refractivity contribution in [3.05, 3.63) is 11.1 Å². The highest BCUT2D eigenvalue weighted by atomic mass is 32.1. The van der Waals surface area contributed by atoms with Crippen LogP contribution in [0.4, 0.5) is 9.52 Å². The van der Waals surface area contributed by atoms with Gasteiger partial charge in [-0.3, -0.25) is 0 Å². The smallest absolute Gasteiger partial charge is 0.183 e. The van der Waals surface area contributed by atoms with Gasteiger partial charge in [0, 0.05) is 12.2 Å². The predicted molar refractivity (Wildman–Crippen MR) is 45.7 cm³/mol. The van der Waals surface area contributed by atoms with Gasteiger partial charge in [0.25, 0.3) is 0 Å². The number of anilines is 1. The van der Waals surface area contributed by atoms with E-state index in [2.05, 4.69) is 10.3 Å². The van der Waals surface area contributed by atoms with E-state index < -0.39 is 6.67 Å². The Morgan fingerprint density at radius 1 is 1.73 bits per heavy atom. The lowest BCUT2D eigenvalue weighted by Crippen LogP contribution is -2.08. The Hall–Kier alpha value is -0.640. The van der Waals surface area contributed by atoms with Gasteiger partial charge < -0.3 is 5.32 Å². The first kappa shape index (κ1) is 8.46. The largest absolute Gasteiger partial charge is 0.359 e. The van der Waals surface area contributed by atoms with E-state index >= 15 is 0 Å². The van der Waals surface area contributed by atoms with Crippen LogP contribution in [0.1, 0.15) is 18.7 Å². The SMILES string of the molecule is CC(C)Nc1ncc(CF)s1. The van der Waals surface area contributed by atoms with E-state index in [0.717, 1.165) is 5.13 Å². The quantitative estimate of drug-likeness (QED) is 0.761. The number of nitrogens with zero attached hydrogens (tertiary/aromatic N) is 1. The van der Waals surface area contributed by atoms with E-state index in [9.17, 15) is 4.39 Å². The molecule has 0 aliphatic heterocycles. The summed E-state index contributed by atoms with van der Waals surface area (Å²) in [5.74, 6) is 0. The molecule has 0 aromatic carbocycles. The van der Waals surface area contributed by atoms with E-state index in [1.165, 1.54) is 11.3 Å². The summed E-state index contributed by atoms with van der Waals surface area (Å²) in [6, 6.07) is 0.355. The zero-order valence-corrected chi connectivity index (χ0v) is 7.41. The van der Waals surface area contributed by atoms with Gasteiger partial charge >= 0.3 is 0 Å². The van der Waals surface area contributed by atoms with E-state index in [0.29, 0.717) is 10.9 Å².